The van der Waals surface area contributed by atoms with Gasteiger partial charge in [-0.2, -0.15) is 5.26 Å². The van der Waals surface area contributed by atoms with Gasteiger partial charge in [0.15, 0.2) is 11.6 Å². The third-order valence-corrected chi connectivity index (χ3v) is 1.62. The minimum absolute atomic E-state index is 0.0267. The second kappa shape index (κ2) is 4.33. The Morgan fingerprint density at radius 1 is 1.40 bits per heavy atom. The fraction of sp³-hybridized carbons (Fsp3) is 0. The zero-order valence-corrected chi connectivity index (χ0v) is 7.37. The van der Waals surface area contributed by atoms with E-state index in [9.17, 15) is 13.6 Å². The maximum absolute atomic E-state index is 12.8. The molecule has 0 bridgehead atoms. The van der Waals surface area contributed by atoms with Gasteiger partial charge in [0.1, 0.15) is 0 Å². The van der Waals surface area contributed by atoms with E-state index >= 15 is 0 Å². The zero-order chi connectivity index (χ0) is 11.4. The molecule has 1 aromatic rings. The van der Waals surface area contributed by atoms with Crippen LogP contribution in [0.3, 0.4) is 0 Å². The molecule has 0 heterocycles. The number of carboxylic acid groups (broad SMARTS) is 1. The number of hydrogen-bond acceptors (Lipinski definition) is 2. The summed E-state index contributed by atoms with van der Waals surface area (Å²) in [5, 5.41) is 16.9. The molecule has 15 heavy (non-hydrogen) atoms. The summed E-state index contributed by atoms with van der Waals surface area (Å²) in [6.07, 6.45) is 1.77. The lowest BCUT2D eigenvalue weighted by molar-refractivity contribution is -0.131. The van der Waals surface area contributed by atoms with Gasteiger partial charge in [-0.05, 0) is 23.8 Å². The average molecular weight is 209 g/mol. The number of rotatable bonds is 2. The first kappa shape index (κ1) is 10.9. The molecule has 1 aromatic carbocycles. The highest BCUT2D eigenvalue weighted by Crippen LogP contribution is 2.15. The van der Waals surface area contributed by atoms with Crippen LogP contribution in [0.1, 0.15) is 11.1 Å². The third-order valence-electron chi connectivity index (χ3n) is 1.62. The van der Waals surface area contributed by atoms with E-state index in [2.05, 4.69) is 0 Å². The van der Waals surface area contributed by atoms with Crippen LogP contribution in [0.5, 0.6) is 0 Å². The van der Waals surface area contributed by atoms with Gasteiger partial charge in [0.25, 0.3) is 0 Å². The van der Waals surface area contributed by atoms with Gasteiger partial charge in [-0.25, -0.2) is 13.6 Å². The van der Waals surface area contributed by atoms with Crippen LogP contribution in [0.15, 0.2) is 18.2 Å². The first-order chi connectivity index (χ1) is 7.04. The summed E-state index contributed by atoms with van der Waals surface area (Å²) in [6, 6.07) is 3.13. The fourth-order valence-corrected chi connectivity index (χ4v) is 0.958. The number of nitriles is 1. The Bertz CT molecular complexity index is 475. The Hall–Kier alpha value is -2.22. The van der Waals surface area contributed by atoms with Crippen molar-refractivity contribution in [3.05, 3.63) is 41.0 Å². The van der Waals surface area contributed by atoms with Crippen molar-refractivity contribution in [3.63, 3.8) is 0 Å². The van der Waals surface area contributed by atoms with Gasteiger partial charge in [0, 0.05) is 6.08 Å². The van der Waals surface area contributed by atoms with E-state index < -0.39 is 17.6 Å². The van der Waals surface area contributed by atoms with E-state index in [1.807, 2.05) is 0 Å². The maximum atomic E-state index is 12.8. The van der Waals surface area contributed by atoms with Gasteiger partial charge in [-0.15, -0.1) is 0 Å². The van der Waals surface area contributed by atoms with Crippen LogP contribution in [-0.4, -0.2) is 11.1 Å². The molecule has 0 fully saturated rings. The molecule has 0 unspecified atom stereocenters. The second-order valence-electron chi connectivity index (χ2n) is 2.64. The van der Waals surface area contributed by atoms with E-state index in [-0.39, 0.29) is 11.1 Å². The van der Waals surface area contributed by atoms with Crippen LogP contribution in [0.2, 0.25) is 0 Å². The molecule has 76 valence electrons. The Labute approximate surface area is 83.9 Å². The van der Waals surface area contributed by atoms with Crippen LogP contribution >= 0.6 is 0 Å². The molecular weight excluding hydrogens is 204 g/mol. The van der Waals surface area contributed by atoms with Crippen molar-refractivity contribution >= 4 is 12.0 Å². The molecule has 0 aliphatic carbocycles. The smallest absolute Gasteiger partial charge is 0.328 e. The highest BCUT2D eigenvalue weighted by molar-refractivity contribution is 5.85. The second-order valence-corrected chi connectivity index (χ2v) is 2.64. The Balaban J connectivity index is 3.23. The van der Waals surface area contributed by atoms with Gasteiger partial charge in [-0.1, -0.05) is 0 Å². The number of nitrogens with zero attached hydrogens (tertiary/aromatic N) is 1. The molecule has 1 N–H and O–H groups in total. The molecule has 0 radical (unpaired) electrons. The SMILES string of the molecule is N#Cc1cc(F)c(F)cc1/C=C/C(=O)O. The summed E-state index contributed by atoms with van der Waals surface area (Å²) in [4.78, 5) is 10.2. The normalized spacial score (nSPS) is 10.2. The van der Waals surface area contributed by atoms with Crippen molar-refractivity contribution in [2.24, 2.45) is 0 Å². The first-order valence-corrected chi connectivity index (χ1v) is 3.84. The van der Waals surface area contributed by atoms with Crippen LogP contribution in [0.4, 0.5) is 8.78 Å². The number of hydrogen-bond donors (Lipinski definition) is 1. The standard InChI is InChI=1S/C10H5F2NO2/c11-8-3-6(1-2-10(14)15)7(5-13)4-9(8)12/h1-4H,(H,14,15)/b2-1+. The minimum Gasteiger partial charge on any atom is -0.478 e. The average Bonchev–Trinajstić information content (AvgIpc) is 2.19. The minimum atomic E-state index is -1.23. The molecule has 0 aliphatic heterocycles. The van der Waals surface area contributed by atoms with Gasteiger partial charge in [-0.3, -0.25) is 0 Å². The molecule has 3 nitrogen and oxygen atoms in total. The highest BCUT2D eigenvalue weighted by Gasteiger charge is 2.07. The summed E-state index contributed by atoms with van der Waals surface area (Å²) in [7, 11) is 0. The molecule has 0 spiro atoms. The quantitative estimate of drug-likeness (QED) is 0.757. The van der Waals surface area contributed by atoms with Crippen molar-refractivity contribution in [1.82, 2.24) is 0 Å². The van der Waals surface area contributed by atoms with Gasteiger partial charge >= 0.3 is 5.97 Å². The summed E-state index contributed by atoms with van der Waals surface area (Å²) in [5.74, 6) is -3.50. The van der Waals surface area contributed by atoms with Crippen molar-refractivity contribution in [2.75, 3.05) is 0 Å². The Kier molecular flexibility index (Phi) is 3.13. The van der Waals surface area contributed by atoms with Crippen molar-refractivity contribution in [3.8, 4) is 6.07 Å². The monoisotopic (exact) mass is 209 g/mol. The molecule has 0 saturated carbocycles. The summed E-state index contributed by atoms with van der Waals surface area (Å²) in [5.41, 5.74) is -0.0924. The molecule has 0 atom stereocenters. The van der Waals surface area contributed by atoms with E-state index in [1.54, 1.807) is 6.07 Å². The summed E-state index contributed by atoms with van der Waals surface area (Å²) >= 11 is 0. The molecule has 0 aliphatic rings. The lowest BCUT2D eigenvalue weighted by atomic mass is 10.1. The lowest BCUT2D eigenvalue weighted by Crippen LogP contribution is -1.92. The first-order valence-electron chi connectivity index (χ1n) is 3.84. The predicted octanol–water partition coefficient (Wildman–Crippen LogP) is 1.93. The molecule has 1 rings (SSSR count). The van der Waals surface area contributed by atoms with Crippen LogP contribution in [0, 0.1) is 23.0 Å². The van der Waals surface area contributed by atoms with E-state index in [0.29, 0.717) is 0 Å². The number of benzene rings is 1. The van der Waals surface area contributed by atoms with Crippen molar-refractivity contribution < 1.29 is 18.7 Å². The predicted molar refractivity (Wildman–Crippen MR) is 47.7 cm³/mol. The van der Waals surface area contributed by atoms with Gasteiger partial charge < -0.3 is 5.11 Å². The third kappa shape index (κ3) is 2.61. The number of carbonyl (C=O) groups is 1. The van der Waals surface area contributed by atoms with Gasteiger partial charge in [0.2, 0.25) is 0 Å². The van der Waals surface area contributed by atoms with E-state index in [0.717, 1.165) is 24.3 Å². The van der Waals surface area contributed by atoms with E-state index in [1.165, 1.54) is 0 Å². The molecule has 0 amide bonds. The Morgan fingerprint density at radius 3 is 2.53 bits per heavy atom. The van der Waals surface area contributed by atoms with Crippen LogP contribution in [-0.2, 0) is 4.79 Å². The van der Waals surface area contributed by atoms with Crippen LogP contribution in [0.25, 0.3) is 6.08 Å². The largest absolute Gasteiger partial charge is 0.478 e. The maximum Gasteiger partial charge on any atom is 0.328 e. The number of carboxylic acids is 1. The molecule has 0 aromatic heterocycles. The van der Waals surface area contributed by atoms with Gasteiger partial charge in [0.05, 0.1) is 11.6 Å². The molecule has 5 heteroatoms. The number of aliphatic carboxylic acids is 1. The van der Waals surface area contributed by atoms with Crippen LogP contribution < -0.4 is 0 Å². The fourth-order valence-electron chi connectivity index (χ4n) is 0.958. The molecular formula is C10H5F2NO2. The summed E-state index contributed by atoms with van der Waals surface area (Å²) < 4.78 is 25.4. The van der Waals surface area contributed by atoms with Crippen molar-refractivity contribution in [2.45, 2.75) is 0 Å². The Morgan fingerprint density at radius 2 is 2.00 bits per heavy atom. The topological polar surface area (TPSA) is 61.1 Å². The molecule has 0 saturated heterocycles. The van der Waals surface area contributed by atoms with E-state index in [4.69, 9.17) is 10.4 Å². The zero-order valence-electron chi connectivity index (χ0n) is 7.37. The number of halogens is 2. The summed E-state index contributed by atoms with van der Waals surface area (Å²) in [6.45, 7) is 0. The van der Waals surface area contributed by atoms with Crippen molar-refractivity contribution in [1.29, 1.82) is 5.26 Å². The lowest BCUT2D eigenvalue weighted by Gasteiger charge is -1.98. The highest BCUT2D eigenvalue weighted by atomic mass is 19.2.